The minimum Gasteiger partial charge on any atom is -0.465 e. The number of rotatable bonds is 2. The molecule has 2 aromatic rings. The van der Waals surface area contributed by atoms with Gasteiger partial charge in [-0.2, -0.15) is 0 Å². The van der Waals surface area contributed by atoms with E-state index in [1.54, 1.807) is 12.1 Å². The van der Waals surface area contributed by atoms with Gasteiger partial charge < -0.3 is 9.72 Å². The van der Waals surface area contributed by atoms with Crippen LogP contribution in [0.3, 0.4) is 0 Å². The third-order valence-corrected chi connectivity index (χ3v) is 4.30. The van der Waals surface area contributed by atoms with Gasteiger partial charge >= 0.3 is 5.97 Å². The number of hydrogen-bond donors (Lipinski definition) is 1. The SMILES string of the molecule is COC(=O)c1cc2c([nH]c1=O)CC(c1ccc(Cl)cc1)CC2=O. The number of nitrogens with one attached hydrogen (secondary N) is 1. The highest BCUT2D eigenvalue weighted by Crippen LogP contribution is 2.32. The molecule has 23 heavy (non-hydrogen) atoms. The molecule has 5 nitrogen and oxygen atoms in total. The standard InChI is InChI=1S/C17H14ClNO4/c1-23-17(22)13-8-12-14(19-16(13)21)6-10(7-15(12)20)9-2-4-11(18)5-3-9/h2-5,8,10H,6-7H2,1H3,(H,19,21). The Hall–Kier alpha value is -2.40. The van der Waals surface area contributed by atoms with Crippen molar-refractivity contribution in [3.05, 3.63) is 68.1 Å². The van der Waals surface area contributed by atoms with Crippen molar-refractivity contribution in [3.63, 3.8) is 0 Å². The average Bonchev–Trinajstić information content (AvgIpc) is 2.54. The summed E-state index contributed by atoms with van der Waals surface area (Å²) >= 11 is 5.88. The van der Waals surface area contributed by atoms with Crippen molar-refractivity contribution < 1.29 is 14.3 Å². The number of pyridine rings is 1. The predicted molar refractivity (Wildman–Crippen MR) is 85.2 cm³/mol. The topological polar surface area (TPSA) is 76.2 Å². The first kappa shape index (κ1) is 15.5. The highest BCUT2D eigenvalue weighted by atomic mass is 35.5. The number of fused-ring (bicyclic) bond motifs is 1. The number of esters is 1. The van der Waals surface area contributed by atoms with Crippen LogP contribution < -0.4 is 5.56 Å². The van der Waals surface area contributed by atoms with Crippen LogP contribution in [0.2, 0.25) is 5.02 Å². The molecule has 6 heteroatoms. The van der Waals surface area contributed by atoms with Crippen molar-refractivity contribution in [3.8, 4) is 0 Å². The van der Waals surface area contributed by atoms with Crippen LogP contribution in [-0.4, -0.2) is 23.8 Å². The summed E-state index contributed by atoms with van der Waals surface area (Å²) in [5, 5.41) is 0.632. The van der Waals surface area contributed by atoms with Crippen molar-refractivity contribution in [2.24, 2.45) is 0 Å². The number of benzene rings is 1. The van der Waals surface area contributed by atoms with Crippen LogP contribution in [0.4, 0.5) is 0 Å². The number of carbonyl (C=O) groups excluding carboxylic acids is 2. The fourth-order valence-corrected chi connectivity index (χ4v) is 2.99. The molecule has 0 spiro atoms. The smallest absolute Gasteiger partial charge is 0.343 e. The summed E-state index contributed by atoms with van der Waals surface area (Å²) in [4.78, 5) is 38.6. The lowest BCUT2D eigenvalue weighted by molar-refractivity contribution is 0.0598. The van der Waals surface area contributed by atoms with Crippen LogP contribution in [0.15, 0.2) is 35.1 Å². The van der Waals surface area contributed by atoms with Crippen LogP contribution in [0.5, 0.6) is 0 Å². The summed E-state index contributed by atoms with van der Waals surface area (Å²) in [7, 11) is 1.19. The Labute approximate surface area is 137 Å². The van der Waals surface area contributed by atoms with Crippen molar-refractivity contribution in [1.29, 1.82) is 0 Å². The normalized spacial score (nSPS) is 16.8. The predicted octanol–water partition coefficient (Wildman–Crippen LogP) is 2.73. The van der Waals surface area contributed by atoms with E-state index in [2.05, 4.69) is 9.72 Å². The molecule has 1 N–H and O–H groups in total. The van der Waals surface area contributed by atoms with E-state index in [0.29, 0.717) is 29.1 Å². The van der Waals surface area contributed by atoms with Gasteiger partial charge in [0.15, 0.2) is 5.78 Å². The molecule has 0 aliphatic heterocycles. The minimum absolute atomic E-state index is 0.0214. The van der Waals surface area contributed by atoms with E-state index in [0.717, 1.165) is 5.56 Å². The average molecular weight is 332 g/mol. The summed E-state index contributed by atoms with van der Waals surface area (Å²) < 4.78 is 4.56. The molecule has 0 fully saturated rings. The molecule has 1 aliphatic rings. The van der Waals surface area contributed by atoms with Gasteiger partial charge in [0, 0.05) is 22.7 Å². The van der Waals surface area contributed by atoms with E-state index in [1.165, 1.54) is 13.2 Å². The van der Waals surface area contributed by atoms with Gasteiger partial charge in [0.1, 0.15) is 5.56 Å². The van der Waals surface area contributed by atoms with Crippen molar-refractivity contribution in [2.75, 3.05) is 7.11 Å². The monoisotopic (exact) mass is 331 g/mol. The maximum atomic E-state index is 12.4. The number of carbonyl (C=O) groups is 2. The highest BCUT2D eigenvalue weighted by Gasteiger charge is 2.28. The van der Waals surface area contributed by atoms with E-state index < -0.39 is 11.5 Å². The quantitative estimate of drug-likeness (QED) is 0.858. The number of H-pyrrole nitrogens is 1. The second kappa shape index (κ2) is 6.01. The maximum Gasteiger partial charge on any atom is 0.343 e. The molecule has 1 atom stereocenters. The van der Waals surface area contributed by atoms with Gasteiger partial charge in [0.2, 0.25) is 0 Å². The molecular formula is C17H14ClNO4. The third-order valence-electron chi connectivity index (χ3n) is 4.05. The lowest BCUT2D eigenvalue weighted by Gasteiger charge is -2.24. The third kappa shape index (κ3) is 2.92. The molecular weight excluding hydrogens is 318 g/mol. The Balaban J connectivity index is 1.99. The van der Waals surface area contributed by atoms with Crippen LogP contribution in [0.1, 0.15) is 44.3 Å². The number of aromatic amines is 1. The summed E-state index contributed by atoms with van der Waals surface area (Å²) in [5.41, 5.74) is 1.24. The van der Waals surface area contributed by atoms with Crippen LogP contribution in [-0.2, 0) is 11.2 Å². The van der Waals surface area contributed by atoms with Crippen molar-refractivity contribution in [2.45, 2.75) is 18.8 Å². The molecule has 1 unspecified atom stereocenters. The fraction of sp³-hybridized carbons (Fsp3) is 0.235. The molecule has 1 aromatic carbocycles. The number of Topliss-reactive ketones (excluding diaryl/α,β-unsaturated/α-hetero) is 1. The van der Waals surface area contributed by atoms with E-state index in [9.17, 15) is 14.4 Å². The van der Waals surface area contributed by atoms with E-state index in [-0.39, 0.29) is 17.3 Å². The van der Waals surface area contributed by atoms with Gasteiger partial charge in [0.05, 0.1) is 7.11 Å². The first-order valence-corrected chi connectivity index (χ1v) is 7.50. The molecule has 0 amide bonds. The van der Waals surface area contributed by atoms with Crippen LogP contribution >= 0.6 is 11.6 Å². The van der Waals surface area contributed by atoms with Crippen molar-refractivity contribution in [1.82, 2.24) is 4.98 Å². The molecule has 3 rings (SSSR count). The molecule has 1 aliphatic carbocycles. The highest BCUT2D eigenvalue weighted by molar-refractivity contribution is 6.30. The van der Waals surface area contributed by atoms with Gasteiger partial charge in [0.25, 0.3) is 5.56 Å². The second-order valence-electron chi connectivity index (χ2n) is 5.48. The largest absolute Gasteiger partial charge is 0.465 e. The Morgan fingerprint density at radius 1 is 1.22 bits per heavy atom. The number of aromatic nitrogens is 1. The van der Waals surface area contributed by atoms with E-state index in [4.69, 9.17) is 11.6 Å². The van der Waals surface area contributed by atoms with Crippen LogP contribution in [0, 0.1) is 0 Å². The van der Waals surface area contributed by atoms with Gasteiger partial charge in [-0.15, -0.1) is 0 Å². The number of methoxy groups -OCH3 is 1. The lowest BCUT2D eigenvalue weighted by atomic mass is 9.81. The number of ketones is 1. The number of hydrogen-bond acceptors (Lipinski definition) is 4. The Morgan fingerprint density at radius 3 is 2.57 bits per heavy atom. The molecule has 1 heterocycles. The van der Waals surface area contributed by atoms with E-state index in [1.807, 2.05) is 12.1 Å². The summed E-state index contributed by atoms with van der Waals surface area (Å²) in [6.07, 6.45) is 0.848. The molecule has 0 bridgehead atoms. The maximum absolute atomic E-state index is 12.4. The van der Waals surface area contributed by atoms with E-state index >= 15 is 0 Å². The molecule has 0 radical (unpaired) electrons. The summed E-state index contributed by atoms with van der Waals surface area (Å²) in [6.45, 7) is 0. The zero-order valence-corrected chi connectivity index (χ0v) is 13.1. The number of halogens is 1. The first-order valence-electron chi connectivity index (χ1n) is 7.12. The summed E-state index contributed by atoms with van der Waals surface area (Å²) in [6, 6.07) is 8.65. The van der Waals surface area contributed by atoms with Crippen LogP contribution in [0.25, 0.3) is 0 Å². The second-order valence-corrected chi connectivity index (χ2v) is 5.91. The Kier molecular flexibility index (Phi) is 4.05. The van der Waals surface area contributed by atoms with Gasteiger partial charge in [-0.25, -0.2) is 4.79 Å². The van der Waals surface area contributed by atoms with Gasteiger partial charge in [-0.3, -0.25) is 9.59 Å². The fourth-order valence-electron chi connectivity index (χ4n) is 2.86. The minimum atomic E-state index is -0.748. The Bertz CT molecular complexity index is 839. The Morgan fingerprint density at radius 2 is 1.91 bits per heavy atom. The lowest BCUT2D eigenvalue weighted by Crippen LogP contribution is -2.27. The van der Waals surface area contributed by atoms with Crippen molar-refractivity contribution >= 4 is 23.4 Å². The molecule has 118 valence electrons. The molecule has 0 saturated carbocycles. The molecule has 1 aromatic heterocycles. The number of ether oxygens (including phenoxy) is 1. The zero-order valence-electron chi connectivity index (χ0n) is 12.4. The summed E-state index contributed by atoms with van der Waals surface area (Å²) in [5.74, 6) is -0.874. The zero-order chi connectivity index (χ0) is 16.6. The first-order chi connectivity index (χ1) is 11.0. The van der Waals surface area contributed by atoms with Gasteiger partial charge in [-0.05, 0) is 36.1 Å². The van der Waals surface area contributed by atoms with Gasteiger partial charge in [-0.1, -0.05) is 23.7 Å². The molecule has 0 saturated heterocycles.